The Bertz CT molecular complexity index is 541. The van der Waals surface area contributed by atoms with Crippen molar-refractivity contribution in [2.75, 3.05) is 14.2 Å². The van der Waals surface area contributed by atoms with Crippen molar-refractivity contribution in [2.45, 2.75) is 61.4 Å². The van der Waals surface area contributed by atoms with Crippen LogP contribution in [0.2, 0.25) is 0 Å². The first-order chi connectivity index (χ1) is 12.6. The van der Waals surface area contributed by atoms with Crippen LogP contribution < -0.4 is 0 Å². The Morgan fingerprint density at radius 1 is 0.704 bits per heavy atom. The molecule has 2 rings (SSSR count). The largest absolute Gasteiger partial charge is 0.479 e. The van der Waals surface area contributed by atoms with E-state index in [1.165, 1.54) is 0 Å². The van der Waals surface area contributed by atoms with E-state index < -0.39 is 73.4 Å². The van der Waals surface area contributed by atoms with Gasteiger partial charge in [0.15, 0.2) is 24.8 Å². The van der Waals surface area contributed by atoms with Gasteiger partial charge in [0.2, 0.25) is 0 Å². The summed E-state index contributed by atoms with van der Waals surface area (Å²) in [6.07, 6.45) is -17.3. The van der Waals surface area contributed by atoms with Crippen LogP contribution in [0.1, 0.15) is 0 Å². The van der Waals surface area contributed by atoms with Gasteiger partial charge < -0.3 is 54.3 Å². The lowest BCUT2D eigenvalue weighted by Crippen LogP contribution is -2.65. The van der Waals surface area contributed by atoms with Gasteiger partial charge in [-0.05, 0) is 0 Å². The Morgan fingerprint density at radius 2 is 1.15 bits per heavy atom. The van der Waals surface area contributed by atoms with Crippen LogP contribution in [0.15, 0.2) is 0 Å². The highest BCUT2D eigenvalue weighted by atomic mass is 16.7. The van der Waals surface area contributed by atoms with Crippen LogP contribution in [0.5, 0.6) is 0 Å². The second-order valence-electron chi connectivity index (χ2n) is 6.03. The standard InChI is InChI=1S/C14H22O13/c1-23-7-3(15)6(18)14(27-9(7)11(19)20)25-8-4(16)5(17)13(24-2)26-10(8)12(21)22/h3-10,13-18H,1-2H3,(H,19,20)(H,21,22). The van der Waals surface area contributed by atoms with Gasteiger partial charge in [0.25, 0.3) is 0 Å². The summed E-state index contributed by atoms with van der Waals surface area (Å²) >= 11 is 0. The van der Waals surface area contributed by atoms with Crippen molar-refractivity contribution in [3.8, 4) is 0 Å². The Labute approximate surface area is 152 Å². The lowest BCUT2D eigenvalue weighted by molar-refractivity contribution is -0.349. The molecule has 0 aromatic rings. The Hall–Kier alpha value is -1.42. The maximum absolute atomic E-state index is 11.4. The maximum atomic E-state index is 11.4. The lowest BCUT2D eigenvalue weighted by Gasteiger charge is -2.45. The molecule has 0 saturated carbocycles. The molecule has 27 heavy (non-hydrogen) atoms. The fourth-order valence-corrected chi connectivity index (χ4v) is 2.95. The van der Waals surface area contributed by atoms with Gasteiger partial charge in [-0.25, -0.2) is 9.59 Å². The minimum atomic E-state index is -1.86. The van der Waals surface area contributed by atoms with Crippen molar-refractivity contribution in [1.82, 2.24) is 0 Å². The summed E-state index contributed by atoms with van der Waals surface area (Å²) in [6.45, 7) is 0. The van der Waals surface area contributed by atoms with Crippen molar-refractivity contribution in [3.05, 3.63) is 0 Å². The van der Waals surface area contributed by atoms with Gasteiger partial charge in [-0.2, -0.15) is 0 Å². The summed E-state index contributed by atoms with van der Waals surface area (Å²) in [5, 5.41) is 58.7. The fourth-order valence-electron chi connectivity index (χ4n) is 2.95. The molecule has 0 aliphatic carbocycles. The molecular weight excluding hydrogens is 376 g/mol. The van der Waals surface area contributed by atoms with Crippen LogP contribution in [0, 0.1) is 0 Å². The molecule has 0 aromatic carbocycles. The number of methoxy groups -OCH3 is 2. The molecule has 0 spiro atoms. The van der Waals surface area contributed by atoms with E-state index in [4.69, 9.17) is 23.7 Å². The highest BCUT2D eigenvalue weighted by molar-refractivity contribution is 5.74. The SMILES string of the molecule is COC1OC(C(=O)O)C(OC2OC(C(=O)O)C(OC)C(O)C2O)C(O)C1O. The molecule has 2 fully saturated rings. The third-order valence-electron chi connectivity index (χ3n) is 4.37. The van der Waals surface area contributed by atoms with Crippen molar-refractivity contribution in [2.24, 2.45) is 0 Å². The van der Waals surface area contributed by atoms with Crippen LogP contribution in [-0.4, -0.2) is 118 Å². The summed E-state index contributed by atoms with van der Waals surface area (Å²) in [7, 11) is 2.22. The average Bonchev–Trinajstić information content (AvgIpc) is 2.62. The smallest absolute Gasteiger partial charge is 0.335 e. The number of carboxylic acids is 2. The number of hydrogen-bond acceptors (Lipinski definition) is 11. The molecule has 13 nitrogen and oxygen atoms in total. The van der Waals surface area contributed by atoms with E-state index in [-0.39, 0.29) is 0 Å². The number of carbonyl (C=O) groups is 2. The zero-order valence-electron chi connectivity index (χ0n) is 14.3. The van der Waals surface area contributed by atoms with Crippen LogP contribution >= 0.6 is 0 Å². The van der Waals surface area contributed by atoms with Crippen LogP contribution in [0.4, 0.5) is 0 Å². The lowest BCUT2D eigenvalue weighted by atomic mass is 9.96. The van der Waals surface area contributed by atoms with E-state index in [1.807, 2.05) is 0 Å². The van der Waals surface area contributed by atoms with E-state index in [0.29, 0.717) is 0 Å². The van der Waals surface area contributed by atoms with Gasteiger partial charge in [0.05, 0.1) is 0 Å². The number of carboxylic acid groups (broad SMARTS) is 2. The molecule has 0 aromatic heterocycles. The first kappa shape index (κ1) is 21.9. The van der Waals surface area contributed by atoms with Crippen LogP contribution in [0.25, 0.3) is 0 Å². The topological polar surface area (TPSA) is 202 Å². The molecule has 2 aliphatic rings. The van der Waals surface area contributed by atoms with Gasteiger partial charge in [0, 0.05) is 14.2 Å². The number of rotatable bonds is 6. The number of ether oxygens (including phenoxy) is 5. The third kappa shape index (κ3) is 4.21. The van der Waals surface area contributed by atoms with E-state index in [2.05, 4.69) is 0 Å². The van der Waals surface area contributed by atoms with E-state index >= 15 is 0 Å². The zero-order valence-corrected chi connectivity index (χ0v) is 14.3. The highest BCUT2D eigenvalue weighted by Crippen LogP contribution is 2.30. The van der Waals surface area contributed by atoms with Crippen LogP contribution in [0.3, 0.4) is 0 Å². The Morgan fingerprint density at radius 3 is 1.63 bits per heavy atom. The van der Waals surface area contributed by atoms with Gasteiger partial charge in [-0.15, -0.1) is 0 Å². The van der Waals surface area contributed by atoms with Crippen molar-refractivity contribution in [3.63, 3.8) is 0 Å². The molecule has 6 N–H and O–H groups in total. The van der Waals surface area contributed by atoms with Crippen LogP contribution in [-0.2, 0) is 33.3 Å². The average molecular weight is 398 g/mol. The minimum Gasteiger partial charge on any atom is -0.479 e. The molecular formula is C14H22O13. The van der Waals surface area contributed by atoms with Gasteiger partial charge in [0.1, 0.15) is 36.6 Å². The molecule has 156 valence electrons. The van der Waals surface area contributed by atoms with Gasteiger partial charge >= 0.3 is 11.9 Å². The summed E-state index contributed by atoms with van der Waals surface area (Å²) in [5.74, 6) is -3.11. The van der Waals surface area contributed by atoms with E-state index in [0.717, 1.165) is 14.2 Å². The summed E-state index contributed by atoms with van der Waals surface area (Å²) in [6, 6.07) is 0. The molecule has 0 amide bonds. The molecule has 2 aliphatic heterocycles. The Balaban J connectivity index is 2.24. The minimum absolute atomic E-state index is 1.10. The predicted octanol–water partition coefficient (Wildman–Crippen LogP) is -3.90. The first-order valence-electron chi connectivity index (χ1n) is 7.83. The molecule has 0 bridgehead atoms. The fraction of sp³-hybridized carbons (Fsp3) is 0.857. The quantitative estimate of drug-likeness (QED) is 0.254. The van der Waals surface area contributed by atoms with Gasteiger partial charge in [-0.1, -0.05) is 0 Å². The Kier molecular flexibility index (Phi) is 7.07. The molecule has 10 atom stereocenters. The first-order valence-corrected chi connectivity index (χ1v) is 7.83. The monoisotopic (exact) mass is 398 g/mol. The number of hydrogen-bond donors (Lipinski definition) is 6. The highest BCUT2D eigenvalue weighted by Gasteiger charge is 2.54. The third-order valence-corrected chi connectivity index (χ3v) is 4.37. The molecule has 10 unspecified atom stereocenters. The molecule has 0 radical (unpaired) electrons. The second kappa shape index (κ2) is 8.72. The zero-order chi connectivity index (χ0) is 20.5. The number of aliphatic carboxylic acids is 2. The van der Waals surface area contributed by atoms with Gasteiger partial charge in [-0.3, -0.25) is 0 Å². The van der Waals surface area contributed by atoms with Crippen molar-refractivity contribution < 1.29 is 63.9 Å². The summed E-state index contributed by atoms with van der Waals surface area (Å²) < 4.78 is 24.9. The maximum Gasteiger partial charge on any atom is 0.335 e. The van der Waals surface area contributed by atoms with Crippen molar-refractivity contribution in [1.29, 1.82) is 0 Å². The summed E-state index contributed by atoms with van der Waals surface area (Å²) in [5.41, 5.74) is 0. The molecule has 2 heterocycles. The molecule has 2 saturated heterocycles. The van der Waals surface area contributed by atoms with E-state index in [9.17, 15) is 40.2 Å². The predicted molar refractivity (Wildman–Crippen MR) is 79.3 cm³/mol. The normalized spacial score (nSPS) is 45.4. The van der Waals surface area contributed by atoms with E-state index in [1.54, 1.807) is 0 Å². The van der Waals surface area contributed by atoms with Crippen molar-refractivity contribution >= 4 is 11.9 Å². The molecule has 13 heteroatoms. The number of aliphatic hydroxyl groups excluding tert-OH is 4. The summed E-state index contributed by atoms with van der Waals surface area (Å²) in [4.78, 5) is 22.7. The number of aliphatic hydroxyl groups is 4. The second-order valence-corrected chi connectivity index (χ2v) is 6.03.